The van der Waals surface area contributed by atoms with Crippen LogP contribution in [0, 0.1) is 0 Å². The van der Waals surface area contributed by atoms with Gasteiger partial charge in [0.15, 0.2) is 0 Å². The molecule has 1 aliphatic heterocycles. The number of carbonyl (C=O) groups is 2. The van der Waals surface area contributed by atoms with Crippen molar-refractivity contribution in [3.63, 3.8) is 0 Å². The summed E-state index contributed by atoms with van der Waals surface area (Å²) in [6, 6.07) is 3.33. The molecule has 1 fully saturated rings. The molecule has 1 aromatic carbocycles. The second-order valence-corrected chi connectivity index (χ2v) is 7.38. The highest BCUT2D eigenvalue weighted by Crippen LogP contribution is 2.37. The molecule has 1 aliphatic rings. The van der Waals surface area contributed by atoms with Crippen molar-refractivity contribution >= 4 is 35.3 Å². The quantitative estimate of drug-likeness (QED) is 0.604. The molecule has 8 heteroatoms. The minimum absolute atomic E-state index is 0.175. The number of aromatic nitrogens is 1. The van der Waals surface area contributed by atoms with Crippen molar-refractivity contribution < 1.29 is 28.4 Å². The number of hydrogen-bond donors (Lipinski definition) is 0. The minimum atomic E-state index is -0.668. The van der Waals surface area contributed by atoms with E-state index < -0.39 is 30.3 Å². The molecular formula is C19H22BNO6. The van der Waals surface area contributed by atoms with Crippen LogP contribution in [0.25, 0.3) is 10.8 Å². The largest absolute Gasteiger partial charge is 0.495 e. The third-order valence-electron chi connectivity index (χ3n) is 5.27. The fraction of sp³-hybridized carbons (Fsp3) is 0.421. The van der Waals surface area contributed by atoms with Gasteiger partial charge in [0.05, 0.1) is 36.5 Å². The maximum Gasteiger partial charge on any atom is 0.495 e. The van der Waals surface area contributed by atoms with Crippen LogP contribution in [0.4, 0.5) is 0 Å². The van der Waals surface area contributed by atoms with E-state index in [1.807, 2.05) is 27.7 Å². The van der Waals surface area contributed by atoms with Crippen LogP contribution in [0.15, 0.2) is 24.5 Å². The van der Waals surface area contributed by atoms with E-state index in [0.717, 1.165) is 0 Å². The molecule has 2 aromatic rings. The number of methoxy groups -OCH3 is 2. The summed E-state index contributed by atoms with van der Waals surface area (Å²) >= 11 is 0. The number of ether oxygens (including phenoxy) is 2. The number of nitrogens with zero attached hydrogens (tertiary/aromatic N) is 1. The van der Waals surface area contributed by atoms with Crippen molar-refractivity contribution in [1.82, 2.24) is 4.98 Å². The lowest BCUT2D eigenvalue weighted by atomic mass is 9.75. The zero-order valence-corrected chi connectivity index (χ0v) is 16.3. The molecule has 0 radical (unpaired) electrons. The predicted octanol–water partition coefficient (Wildman–Crippen LogP) is 2.11. The Kier molecular flexibility index (Phi) is 4.73. The van der Waals surface area contributed by atoms with Crippen LogP contribution in [-0.2, 0) is 18.8 Å². The Labute approximate surface area is 158 Å². The average molecular weight is 371 g/mol. The van der Waals surface area contributed by atoms with E-state index in [1.165, 1.54) is 20.4 Å². The van der Waals surface area contributed by atoms with Gasteiger partial charge >= 0.3 is 19.1 Å². The lowest BCUT2D eigenvalue weighted by Gasteiger charge is -2.32. The molecule has 1 saturated heterocycles. The van der Waals surface area contributed by atoms with E-state index in [0.29, 0.717) is 16.2 Å². The SMILES string of the molecule is COC(=O)c1ccc(B2OC(C)(C)C(C)(C)O2)c2cncc(C(=O)OC)c12. The number of hydrogen-bond acceptors (Lipinski definition) is 7. The van der Waals surface area contributed by atoms with E-state index >= 15 is 0 Å². The molecule has 0 atom stereocenters. The van der Waals surface area contributed by atoms with Gasteiger partial charge in [-0.3, -0.25) is 4.98 Å². The average Bonchev–Trinajstić information content (AvgIpc) is 2.86. The lowest BCUT2D eigenvalue weighted by Crippen LogP contribution is -2.41. The first-order chi connectivity index (χ1) is 12.6. The van der Waals surface area contributed by atoms with Gasteiger partial charge in [0, 0.05) is 23.2 Å². The number of esters is 2. The molecule has 0 aliphatic carbocycles. The lowest BCUT2D eigenvalue weighted by molar-refractivity contribution is 0.00578. The van der Waals surface area contributed by atoms with Crippen molar-refractivity contribution in [3.8, 4) is 0 Å². The number of pyridine rings is 1. The van der Waals surface area contributed by atoms with Gasteiger partial charge in [-0.05, 0) is 39.2 Å². The Morgan fingerprint density at radius 1 is 0.926 bits per heavy atom. The smallest absolute Gasteiger partial charge is 0.465 e. The standard InChI is InChI=1S/C19H22BNO6/c1-18(2)19(3,4)27-20(26-18)14-8-7-11(16(22)24-5)15-12(14)9-21-10-13(15)17(23)25-6/h7-10H,1-6H3. The summed E-state index contributed by atoms with van der Waals surface area (Å²) in [7, 11) is 1.89. The molecule has 2 heterocycles. The second-order valence-electron chi connectivity index (χ2n) is 7.38. The van der Waals surface area contributed by atoms with Gasteiger partial charge in [0.25, 0.3) is 0 Å². The maximum atomic E-state index is 12.3. The molecule has 0 spiro atoms. The van der Waals surface area contributed by atoms with Crippen LogP contribution in [0.3, 0.4) is 0 Å². The predicted molar refractivity (Wildman–Crippen MR) is 100 cm³/mol. The van der Waals surface area contributed by atoms with Crippen LogP contribution in [0.2, 0.25) is 0 Å². The van der Waals surface area contributed by atoms with Crippen LogP contribution in [-0.4, -0.2) is 49.5 Å². The zero-order chi connectivity index (χ0) is 20.0. The Bertz CT molecular complexity index is 886. The first kappa shape index (κ1) is 19.3. The van der Waals surface area contributed by atoms with Crippen LogP contribution >= 0.6 is 0 Å². The van der Waals surface area contributed by atoms with Gasteiger partial charge in [-0.1, -0.05) is 6.07 Å². The summed E-state index contributed by atoms with van der Waals surface area (Å²) in [5.74, 6) is -1.15. The van der Waals surface area contributed by atoms with E-state index in [4.69, 9.17) is 18.8 Å². The summed E-state index contributed by atoms with van der Waals surface area (Å²) < 4.78 is 22.0. The normalized spacial score (nSPS) is 17.8. The van der Waals surface area contributed by atoms with Crippen molar-refractivity contribution in [2.24, 2.45) is 0 Å². The van der Waals surface area contributed by atoms with Crippen LogP contribution in [0.5, 0.6) is 0 Å². The topological polar surface area (TPSA) is 84.0 Å². The van der Waals surface area contributed by atoms with Crippen molar-refractivity contribution in [3.05, 3.63) is 35.7 Å². The number of rotatable bonds is 3. The number of benzene rings is 1. The van der Waals surface area contributed by atoms with Gasteiger partial charge in [0.2, 0.25) is 0 Å². The summed E-state index contributed by atoms with van der Waals surface area (Å²) in [6.07, 6.45) is 2.95. The molecule has 0 unspecified atom stereocenters. The third kappa shape index (κ3) is 3.09. The van der Waals surface area contributed by atoms with Gasteiger partial charge in [-0.25, -0.2) is 9.59 Å². The van der Waals surface area contributed by atoms with Gasteiger partial charge in [-0.2, -0.15) is 0 Å². The molecule has 0 saturated carbocycles. The highest BCUT2D eigenvalue weighted by molar-refractivity contribution is 6.65. The minimum Gasteiger partial charge on any atom is -0.465 e. The van der Waals surface area contributed by atoms with Gasteiger partial charge < -0.3 is 18.8 Å². The van der Waals surface area contributed by atoms with Crippen molar-refractivity contribution in [2.75, 3.05) is 14.2 Å². The Morgan fingerprint density at radius 2 is 1.48 bits per heavy atom. The molecule has 0 bridgehead atoms. The first-order valence-corrected chi connectivity index (χ1v) is 8.56. The Hall–Kier alpha value is -2.45. The molecule has 142 valence electrons. The number of carbonyl (C=O) groups excluding carboxylic acids is 2. The van der Waals surface area contributed by atoms with Crippen LogP contribution in [0.1, 0.15) is 48.4 Å². The Morgan fingerprint density at radius 3 is 2.04 bits per heavy atom. The molecule has 7 nitrogen and oxygen atoms in total. The van der Waals surface area contributed by atoms with E-state index in [9.17, 15) is 9.59 Å². The summed E-state index contributed by atoms with van der Waals surface area (Å²) in [5, 5.41) is 0.968. The fourth-order valence-corrected chi connectivity index (χ4v) is 3.04. The van der Waals surface area contributed by atoms with E-state index in [1.54, 1.807) is 18.3 Å². The molecular weight excluding hydrogens is 349 g/mol. The Balaban J connectivity index is 2.26. The maximum absolute atomic E-state index is 12.3. The van der Waals surface area contributed by atoms with Gasteiger partial charge in [0.1, 0.15) is 0 Å². The second kappa shape index (κ2) is 6.62. The highest BCUT2D eigenvalue weighted by Gasteiger charge is 2.52. The van der Waals surface area contributed by atoms with Crippen molar-refractivity contribution in [2.45, 2.75) is 38.9 Å². The molecule has 3 rings (SSSR count). The monoisotopic (exact) mass is 371 g/mol. The highest BCUT2D eigenvalue weighted by atomic mass is 16.7. The van der Waals surface area contributed by atoms with Crippen molar-refractivity contribution in [1.29, 1.82) is 0 Å². The van der Waals surface area contributed by atoms with Crippen LogP contribution < -0.4 is 5.46 Å². The summed E-state index contributed by atoms with van der Waals surface area (Å²) in [4.78, 5) is 28.7. The first-order valence-electron chi connectivity index (χ1n) is 8.56. The van der Waals surface area contributed by atoms with Gasteiger partial charge in [-0.15, -0.1) is 0 Å². The summed E-state index contributed by atoms with van der Waals surface area (Å²) in [6.45, 7) is 7.82. The van der Waals surface area contributed by atoms with E-state index in [-0.39, 0.29) is 11.1 Å². The number of fused-ring (bicyclic) bond motifs is 1. The molecule has 0 amide bonds. The zero-order valence-electron chi connectivity index (χ0n) is 16.3. The molecule has 27 heavy (non-hydrogen) atoms. The third-order valence-corrected chi connectivity index (χ3v) is 5.27. The molecule has 0 N–H and O–H groups in total. The van der Waals surface area contributed by atoms with E-state index in [2.05, 4.69) is 4.98 Å². The fourth-order valence-electron chi connectivity index (χ4n) is 3.04. The molecule has 1 aromatic heterocycles. The summed E-state index contributed by atoms with van der Waals surface area (Å²) in [5.41, 5.74) is 0.0375.